The molecular weight excluding hydrogens is 192 g/mol. The van der Waals surface area contributed by atoms with E-state index >= 15 is 0 Å². The molecule has 0 spiro atoms. The van der Waals surface area contributed by atoms with Crippen molar-refractivity contribution < 1.29 is 0 Å². The fraction of sp³-hybridized carbons (Fsp3) is 0.727. The highest BCUT2D eigenvalue weighted by Gasteiger charge is 2.12. The van der Waals surface area contributed by atoms with Crippen molar-refractivity contribution in [3.05, 3.63) is 16.1 Å². The molecule has 0 aliphatic carbocycles. The van der Waals surface area contributed by atoms with Crippen molar-refractivity contribution >= 4 is 11.3 Å². The standard InChI is InChI=1S/C9H14N2S.C2H6/c1-8-10-9(7-12-8)6-11-4-2-3-5-11;1-2/h7H,2-6H2,1H3;1-2H3. The van der Waals surface area contributed by atoms with E-state index in [4.69, 9.17) is 0 Å². The molecule has 0 bridgehead atoms. The summed E-state index contributed by atoms with van der Waals surface area (Å²) in [6, 6.07) is 0. The Kier molecular flexibility index (Phi) is 5.12. The first-order valence-electron chi connectivity index (χ1n) is 5.48. The van der Waals surface area contributed by atoms with Gasteiger partial charge in [0.1, 0.15) is 0 Å². The lowest BCUT2D eigenvalue weighted by atomic mass is 10.4. The van der Waals surface area contributed by atoms with Crippen molar-refractivity contribution in [2.45, 2.75) is 40.2 Å². The highest BCUT2D eigenvalue weighted by atomic mass is 32.1. The number of nitrogens with zero attached hydrogens (tertiary/aromatic N) is 2. The molecule has 80 valence electrons. The van der Waals surface area contributed by atoms with Crippen molar-refractivity contribution in [1.82, 2.24) is 9.88 Å². The van der Waals surface area contributed by atoms with Crippen molar-refractivity contribution in [3.63, 3.8) is 0 Å². The summed E-state index contributed by atoms with van der Waals surface area (Å²) in [5.74, 6) is 0. The molecule has 1 aromatic heterocycles. The van der Waals surface area contributed by atoms with Gasteiger partial charge in [-0.05, 0) is 32.9 Å². The zero-order valence-corrected chi connectivity index (χ0v) is 10.2. The summed E-state index contributed by atoms with van der Waals surface area (Å²) < 4.78 is 0. The molecule has 0 amide bonds. The molecule has 2 heterocycles. The third-order valence-corrected chi connectivity index (χ3v) is 3.07. The number of aryl methyl sites for hydroxylation is 1. The van der Waals surface area contributed by atoms with Crippen molar-refractivity contribution in [3.8, 4) is 0 Å². The Morgan fingerprint density at radius 1 is 1.36 bits per heavy atom. The maximum Gasteiger partial charge on any atom is 0.0897 e. The number of hydrogen-bond donors (Lipinski definition) is 0. The second-order valence-electron chi connectivity index (χ2n) is 3.34. The molecular formula is C11H20N2S. The van der Waals surface area contributed by atoms with E-state index in [1.54, 1.807) is 11.3 Å². The van der Waals surface area contributed by atoms with Gasteiger partial charge in [-0.2, -0.15) is 0 Å². The second-order valence-corrected chi connectivity index (χ2v) is 4.40. The minimum absolute atomic E-state index is 1.06. The van der Waals surface area contributed by atoms with Gasteiger partial charge in [0.2, 0.25) is 0 Å². The van der Waals surface area contributed by atoms with Crippen LogP contribution < -0.4 is 0 Å². The minimum Gasteiger partial charge on any atom is -0.297 e. The van der Waals surface area contributed by atoms with E-state index in [0.717, 1.165) is 6.54 Å². The Morgan fingerprint density at radius 2 is 2.00 bits per heavy atom. The number of likely N-dealkylation sites (tertiary alicyclic amines) is 1. The maximum atomic E-state index is 4.45. The Bertz CT molecular complexity index is 252. The highest BCUT2D eigenvalue weighted by Crippen LogP contribution is 2.14. The monoisotopic (exact) mass is 212 g/mol. The quantitative estimate of drug-likeness (QED) is 0.749. The summed E-state index contributed by atoms with van der Waals surface area (Å²) >= 11 is 1.75. The van der Waals surface area contributed by atoms with E-state index in [-0.39, 0.29) is 0 Å². The predicted octanol–water partition coefficient (Wildman–Crippen LogP) is 3.07. The lowest BCUT2D eigenvalue weighted by Crippen LogP contribution is -2.18. The molecule has 1 aromatic rings. The normalized spacial score (nSPS) is 16.5. The largest absolute Gasteiger partial charge is 0.297 e. The van der Waals surface area contributed by atoms with E-state index < -0.39 is 0 Å². The molecule has 0 aromatic carbocycles. The van der Waals surface area contributed by atoms with E-state index in [1.807, 2.05) is 13.8 Å². The first kappa shape index (κ1) is 11.7. The SMILES string of the molecule is CC.Cc1nc(CN2CCCC2)cs1. The first-order chi connectivity index (χ1) is 6.84. The third kappa shape index (κ3) is 3.39. The molecule has 0 radical (unpaired) electrons. The number of thiazole rings is 1. The van der Waals surface area contributed by atoms with E-state index in [9.17, 15) is 0 Å². The predicted molar refractivity (Wildman–Crippen MR) is 62.7 cm³/mol. The van der Waals surface area contributed by atoms with E-state index in [1.165, 1.54) is 36.6 Å². The molecule has 1 saturated heterocycles. The Balaban J connectivity index is 0.000000461. The summed E-state index contributed by atoms with van der Waals surface area (Å²) in [5, 5.41) is 3.36. The molecule has 0 N–H and O–H groups in total. The van der Waals surface area contributed by atoms with Gasteiger partial charge < -0.3 is 0 Å². The van der Waals surface area contributed by atoms with Gasteiger partial charge in [-0.25, -0.2) is 4.98 Å². The van der Waals surface area contributed by atoms with Gasteiger partial charge in [-0.15, -0.1) is 11.3 Å². The zero-order chi connectivity index (χ0) is 10.4. The molecule has 3 heteroatoms. The summed E-state index contributed by atoms with van der Waals surface area (Å²) in [6.07, 6.45) is 2.73. The third-order valence-electron chi connectivity index (χ3n) is 2.25. The van der Waals surface area contributed by atoms with Crippen LogP contribution in [0, 0.1) is 6.92 Å². The van der Waals surface area contributed by atoms with Crippen LogP contribution in [-0.4, -0.2) is 23.0 Å². The average molecular weight is 212 g/mol. The Morgan fingerprint density at radius 3 is 2.50 bits per heavy atom. The van der Waals surface area contributed by atoms with Crippen LogP contribution in [0.1, 0.15) is 37.4 Å². The van der Waals surface area contributed by atoms with Crippen molar-refractivity contribution in [1.29, 1.82) is 0 Å². The van der Waals surface area contributed by atoms with Gasteiger partial charge in [-0.3, -0.25) is 4.90 Å². The van der Waals surface area contributed by atoms with Crippen LogP contribution in [-0.2, 0) is 6.54 Å². The zero-order valence-electron chi connectivity index (χ0n) is 9.42. The lowest BCUT2D eigenvalue weighted by Gasteiger charge is -2.11. The van der Waals surface area contributed by atoms with Crippen LogP contribution in [0.3, 0.4) is 0 Å². The second kappa shape index (κ2) is 6.14. The topological polar surface area (TPSA) is 16.1 Å². The molecule has 1 aliphatic rings. The van der Waals surface area contributed by atoms with Crippen LogP contribution in [0.4, 0.5) is 0 Å². The van der Waals surface area contributed by atoms with E-state index in [0.29, 0.717) is 0 Å². The Labute approximate surface area is 91.0 Å². The smallest absolute Gasteiger partial charge is 0.0897 e. The highest BCUT2D eigenvalue weighted by molar-refractivity contribution is 7.09. The molecule has 0 atom stereocenters. The molecule has 14 heavy (non-hydrogen) atoms. The summed E-state index contributed by atoms with van der Waals surface area (Å²) in [5.41, 5.74) is 1.25. The fourth-order valence-corrected chi connectivity index (χ4v) is 2.25. The van der Waals surface area contributed by atoms with Crippen LogP contribution in [0.2, 0.25) is 0 Å². The number of rotatable bonds is 2. The number of hydrogen-bond acceptors (Lipinski definition) is 3. The average Bonchev–Trinajstić information content (AvgIpc) is 2.82. The van der Waals surface area contributed by atoms with Gasteiger partial charge in [-0.1, -0.05) is 13.8 Å². The van der Waals surface area contributed by atoms with Crippen LogP contribution in [0.15, 0.2) is 5.38 Å². The van der Waals surface area contributed by atoms with Crippen molar-refractivity contribution in [2.24, 2.45) is 0 Å². The molecule has 1 fully saturated rings. The van der Waals surface area contributed by atoms with Gasteiger partial charge in [0.15, 0.2) is 0 Å². The van der Waals surface area contributed by atoms with Gasteiger partial charge in [0, 0.05) is 11.9 Å². The molecule has 0 unspecified atom stereocenters. The van der Waals surface area contributed by atoms with Gasteiger partial charge in [0.05, 0.1) is 10.7 Å². The van der Waals surface area contributed by atoms with E-state index in [2.05, 4.69) is 22.2 Å². The van der Waals surface area contributed by atoms with Gasteiger partial charge >= 0.3 is 0 Å². The van der Waals surface area contributed by atoms with Gasteiger partial charge in [0.25, 0.3) is 0 Å². The maximum absolute atomic E-state index is 4.45. The Hall–Kier alpha value is -0.410. The molecule has 2 nitrogen and oxygen atoms in total. The summed E-state index contributed by atoms with van der Waals surface area (Å²) in [4.78, 5) is 6.93. The first-order valence-corrected chi connectivity index (χ1v) is 6.36. The summed E-state index contributed by atoms with van der Waals surface area (Å²) in [7, 11) is 0. The minimum atomic E-state index is 1.06. The molecule has 1 aliphatic heterocycles. The fourth-order valence-electron chi connectivity index (χ4n) is 1.65. The van der Waals surface area contributed by atoms with Crippen LogP contribution >= 0.6 is 11.3 Å². The van der Waals surface area contributed by atoms with Crippen LogP contribution in [0.5, 0.6) is 0 Å². The molecule has 0 saturated carbocycles. The summed E-state index contributed by atoms with van der Waals surface area (Å²) in [6.45, 7) is 9.65. The van der Waals surface area contributed by atoms with Crippen molar-refractivity contribution in [2.75, 3.05) is 13.1 Å². The number of aromatic nitrogens is 1. The van der Waals surface area contributed by atoms with Crippen LogP contribution in [0.25, 0.3) is 0 Å². The molecule has 2 rings (SSSR count). The lowest BCUT2D eigenvalue weighted by molar-refractivity contribution is 0.328.